The lowest BCUT2D eigenvalue weighted by Gasteiger charge is -2.08. The summed E-state index contributed by atoms with van der Waals surface area (Å²) < 4.78 is 4.53. The highest BCUT2D eigenvalue weighted by Gasteiger charge is 2.11. The van der Waals surface area contributed by atoms with Crippen LogP contribution in [0.15, 0.2) is 45.3 Å². The molecule has 0 spiro atoms. The number of benzene rings is 2. The van der Waals surface area contributed by atoms with Crippen molar-refractivity contribution in [3.8, 4) is 5.69 Å². The first kappa shape index (κ1) is 13.4. The van der Waals surface area contributed by atoms with Gasteiger partial charge in [0.05, 0.1) is 21.7 Å². The van der Waals surface area contributed by atoms with E-state index >= 15 is 0 Å². The number of fused-ring (bicyclic) bond motifs is 1. The standard InChI is InChI=1S/C13H7Br2ClN2S/c14-7-4-5-8(15)11(6-7)18-10-3-1-2-9(16)12(10)17-13(18)19/h1-6H,(H,17,19). The summed E-state index contributed by atoms with van der Waals surface area (Å²) in [5.74, 6) is 0. The van der Waals surface area contributed by atoms with E-state index in [0.717, 1.165) is 25.7 Å². The summed E-state index contributed by atoms with van der Waals surface area (Å²) in [7, 11) is 0. The highest BCUT2D eigenvalue weighted by molar-refractivity contribution is 9.11. The quantitative estimate of drug-likeness (QED) is 0.491. The Balaban J connectivity index is 2.43. The molecular formula is C13H7Br2ClN2S. The summed E-state index contributed by atoms with van der Waals surface area (Å²) in [5, 5.41) is 0.661. The maximum absolute atomic E-state index is 6.19. The van der Waals surface area contributed by atoms with Gasteiger partial charge in [-0.1, -0.05) is 33.6 Å². The van der Waals surface area contributed by atoms with Crippen molar-refractivity contribution in [3.05, 3.63) is 55.1 Å². The number of hydrogen-bond donors (Lipinski definition) is 1. The van der Waals surface area contributed by atoms with Gasteiger partial charge in [-0.15, -0.1) is 0 Å². The van der Waals surface area contributed by atoms with Gasteiger partial charge < -0.3 is 4.98 Å². The van der Waals surface area contributed by atoms with Gasteiger partial charge in [0.15, 0.2) is 4.77 Å². The van der Waals surface area contributed by atoms with Crippen LogP contribution in [0.3, 0.4) is 0 Å². The lowest BCUT2D eigenvalue weighted by Crippen LogP contribution is -1.95. The second-order valence-corrected chi connectivity index (χ2v) is 6.56. The molecule has 6 heteroatoms. The van der Waals surface area contributed by atoms with Crippen LogP contribution in [0.1, 0.15) is 0 Å². The molecule has 0 saturated carbocycles. The van der Waals surface area contributed by atoms with E-state index in [2.05, 4.69) is 36.8 Å². The topological polar surface area (TPSA) is 20.7 Å². The van der Waals surface area contributed by atoms with Crippen molar-refractivity contribution in [1.82, 2.24) is 9.55 Å². The van der Waals surface area contributed by atoms with Crippen LogP contribution in [0.5, 0.6) is 0 Å². The maximum atomic E-state index is 6.19. The van der Waals surface area contributed by atoms with Gasteiger partial charge in [-0.2, -0.15) is 0 Å². The zero-order chi connectivity index (χ0) is 13.6. The fourth-order valence-electron chi connectivity index (χ4n) is 1.99. The molecule has 0 aliphatic heterocycles. The van der Waals surface area contributed by atoms with E-state index in [1.165, 1.54) is 0 Å². The summed E-state index contributed by atoms with van der Waals surface area (Å²) in [6, 6.07) is 11.7. The fourth-order valence-corrected chi connectivity index (χ4v) is 3.28. The second-order valence-electron chi connectivity index (χ2n) is 4.00. The van der Waals surface area contributed by atoms with Gasteiger partial charge in [0.25, 0.3) is 0 Å². The lowest BCUT2D eigenvalue weighted by atomic mass is 10.3. The first-order chi connectivity index (χ1) is 9.08. The number of aromatic amines is 1. The Bertz CT molecular complexity index is 838. The first-order valence-electron chi connectivity index (χ1n) is 5.42. The lowest BCUT2D eigenvalue weighted by molar-refractivity contribution is 1.06. The molecule has 1 N–H and O–H groups in total. The Morgan fingerprint density at radius 2 is 1.95 bits per heavy atom. The minimum Gasteiger partial charge on any atom is -0.329 e. The van der Waals surface area contributed by atoms with Crippen molar-refractivity contribution in [2.45, 2.75) is 0 Å². The zero-order valence-corrected chi connectivity index (χ0v) is 14.2. The molecule has 2 aromatic carbocycles. The predicted octanol–water partition coefficient (Wildman–Crippen LogP) is 5.87. The van der Waals surface area contributed by atoms with Crippen LogP contribution in [0.4, 0.5) is 0 Å². The van der Waals surface area contributed by atoms with Crippen LogP contribution in [-0.4, -0.2) is 9.55 Å². The van der Waals surface area contributed by atoms with Crippen LogP contribution >= 0.6 is 55.7 Å². The highest BCUT2D eigenvalue weighted by atomic mass is 79.9. The van der Waals surface area contributed by atoms with E-state index in [4.69, 9.17) is 23.8 Å². The van der Waals surface area contributed by atoms with Gasteiger partial charge in [-0.25, -0.2) is 0 Å². The summed E-state index contributed by atoms with van der Waals surface area (Å²) in [6.07, 6.45) is 0. The number of hydrogen-bond acceptors (Lipinski definition) is 1. The van der Waals surface area contributed by atoms with Crippen LogP contribution < -0.4 is 0 Å². The number of para-hydroxylation sites is 1. The number of nitrogens with one attached hydrogen (secondary N) is 1. The SMILES string of the molecule is S=c1[nH]c2c(Cl)cccc2n1-c1cc(Br)ccc1Br. The van der Waals surface area contributed by atoms with Crippen molar-refractivity contribution in [3.63, 3.8) is 0 Å². The molecule has 0 radical (unpaired) electrons. The molecule has 1 heterocycles. The van der Waals surface area contributed by atoms with Gasteiger partial charge in [0, 0.05) is 8.95 Å². The third-order valence-corrected chi connectivity index (χ3v) is 4.58. The van der Waals surface area contributed by atoms with Crippen LogP contribution in [0, 0.1) is 4.77 Å². The maximum Gasteiger partial charge on any atom is 0.182 e. The van der Waals surface area contributed by atoms with Crippen molar-refractivity contribution in [1.29, 1.82) is 0 Å². The average Bonchev–Trinajstić information content (AvgIpc) is 2.70. The van der Waals surface area contributed by atoms with E-state index < -0.39 is 0 Å². The summed E-state index contributed by atoms with van der Waals surface area (Å²) in [4.78, 5) is 3.15. The number of rotatable bonds is 1. The monoisotopic (exact) mass is 416 g/mol. The normalized spacial score (nSPS) is 11.1. The number of nitrogens with zero attached hydrogens (tertiary/aromatic N) is 1. The second kappa shape index (κ2) is 5.05. The number of halogens is 3. The molecule has 0 saturated heterocycles. The van der Waals surface area contributed by atoms with E-state index in [9.17, 15) is 0 Å². The fraction of sp³-hybridized carbons (Fsp3) is 0. The third kappa shape index (κ3) is 2.29. The number of aromatic nitrogens is 2. The molecule has 0 amide bonds. The third-order valence-electron chi connectivity index (χ3n) is 2.82. The van der Waals surface area contributed by atoms with Gasteiger partial charge in [0.1, 0.15) is 0 Å². The van der Waals surface area contributed by atoms with Crippen molar-refractivity contribution in [2.75, 3.05) is 0 Å². The van der Waals surface area contributed by atoms with Gasteiger partial charge >= 0.3 is 0 Å². The summed E-state index contributed by atoms with van der Waals surface area (Å²) in [6.45, 7) is 0. The Hall–Kier alpha value is -0.620. The number of H-pyrrole nitrogens is 1. The van der Waals surface area contributed by atoms with Gasteiger partial charge in [-0.05, 0) is 58.5 Å². The molecule has 0 fully saturated rings. The Kier molecular flexibility index (Phi) is 3.55. The van der Waals surface area contributed by atoms with E-state index in [1.807, 2.05) is 41.0 Å². The van der Waals surface area contributed by atoms with Crippen LogP contribution in [-0.2, 0) is 0 Å². The molecule has 96 valence electrons. The smallest absolute Gasteiger partial charge is 0.182 e. The first-order valence-corrected chi connectivity index (χ1v) is 7.80. The molecule has 2 nitrogen and oxygen atoms in total. The Labute approximate surface area is 136 Å². The van der Waals surface area contributed by atoms with Gasteiger partial charge in [0.2, 0.25) is 0 Å². The van der Waals surface area contributed by atoms with Crippen LogP contribution in [0.2, 0.25) is 5.02 Å². The number of imidazole rings is 1. The average molecular weight is 419 g/mol. The molecular weight excluding hydrogens is 411 g/mol. The largest absolute Gasteiger partial charge is 0.329 e. The summed E-state index contributed by atoms with van der Waals surface area (Å²) in [5.41, 5.74) is 2.77. The van der Waals surface area contributed by atoms with E-state index in [-0.39, 0.29) is 0 Å². The Morgan fingerprint density at radius 1 is 1.16 bits per heavy atom. The molecule has 3 aromatic rings. The molecule has 1 aromatic heterocycles. The molecule has 0 atom stereocenters. The van der Waals surface area contributed by atoms with E-state index in [0.29, 0.717) is 9.79 Å². The molecule has 3 rings (SSSR count). The van der Waals surface area contributed by atoms with Crippen LogP contribution in [0.25, 0.3) is 16.7 Å². The van der Waals surface area contributed by atoms with Gasteiger partial charge in [-0.3, -0.25) is 4.57 Å². The van der Waals surface area contributed by atoms with Crippen molar-refractivity contribution >= 4 is 66.7 Å². The minimum absolute atomic E-state index is 0.613. The highest BCUT2D eigenvalue weighted by Crippen LogP contribution is 2.30. The predicted molar refractivity (Wildman–Crippen MR) is 88.9 cm³/mol. The molecule has 0 bridgehead atoms. The van der Waals surface area contributed by atoms with Crippen molar-refractivity contribution < 1.29 is 0 Å². The Morgan fingerprint density at radius 3 is 2.74 bits per heavy atom. The van der Waals surface area contributed by atoms with E-state index in [1.54, 1.807) is 0 Å². The van der Waals surface area contributed by atoms with Crippen molar-refractivity contribution in [2.24, 2.45) is 0 Å². The molecule has 19 heavy (non-hydrogen) atoms. The summed E-state index contributed by atoms with van der Waals surface area (Å²) >= 11 is 18.6. The molecule has 0 aliphatic rings. The molecule has 0 unspecified atom stereocenters. The minimum atomic E-state index is 0.613. The zero-order valence-electron chi connectivity index (χ0n) is 9.45. The molecule has 0 aliphatic carbocycles.